The van der Waals surface area contributed by atoms with Gasteiger partial charge in [-0.05, 0) is 17.7 Å². The maximum atomic E-state index is 12.9. The van der Waals surface area contributed by atoms with Gasteiger partial charge >= 0.3 is 6.18 Å². The molecule has 0 aliphatic carbocycles. The van der Waals surface area contributed by atoms with Gasteiger partial charge < -0.3 is 10.4 Å². The minimum absolute atomic E-state index is 0. The zero-order chi connectivity index (χ0) is 17.3. The predicted octanol–water partition coefficient (Wildman–Crippen LogP) is 3.75. The first kappa shape index (κ1) is 21.5. The number of hydrogen-bond acceptors (Lipinski definition) is 3. The van der Waals surface area contributed by atoms with Crippen LogP contribution < -0.4 is 5.32 Å². The fourth-order valence-corrected chi connectivity index (χ4v) is 3.41. The number of alkyl halides is 3. The first-order valence-electron chi connectivity index (χ1n) is 7.59. The van der Waals surface area contributed by atoms with Gasteiger partial charge in [0.25, 0.3) is 0 Å². The number of benzene rings is 1. The Kier molecular flexibility index (Phi) is 7.38. The van der Waals surface area contributed by atoms with Gasteiger partial charge in [0.2, 0.25) is 0 Å². The molecular weight excluding hydrogens is 364 g/mol. The lowest BCUT2D eigenvalue weighted by Gasteiger charge is -2.43. The fourth-order valence-electron chi connectivity index (χ4n) is 3.11. The molecule has 0 unspecified atom stereocenters. The molecule has 0 amide bonds. The second kappa shape index (κ2) is 8.23. The van der Waals surface area contributed by atoms with Gasteiger partial charge in [0, 0.05) is 44.2 Å². The number of nitrogens with zero attached hydrogens (tertiary/aromatic N) is 1. The molecule has 3 nitrogen and oxygen atoms in total. The van der Waals surface area contributed by atoms with Gasteiger partial charge in [-0.3, -0.25) is 4.90 Å². The zero-order valence-corrected chi connectivity index (χ0v) is 15.2. The number of hydrogen-bond donors (Lipinski definition) is 2. The topological polar surface area (TPSA) is 35.5 Å². The van der Waals surface area contributed by atoms with Crippen molar-refractivity contribution in [3.63, 3.8) is 0 Å². The van der Waals surface area contributed by atoms with Gasteiger partial charge in [0.1, 0.15) is 0 Å². The quantitative estimate of drug-likeness (QED) is 0.826. The summed E-state index contributed by atoms with van der Waals surface area (Å²) in [6, 6.07) is 3.68. The van der Waals surface area contributed by atoms with Crippen LogP contribution in [0.1, 0.15) is 31.0 Å². The van der Waals surface area contributed by atoms with E-state index in [0.29, 0.717) is 5.56 Å². The van der Waals surface area contributed by atoms with Crippen molar-refractivity contribution in [3.05, 3.63) is 34.3 Å². The van der Waals surface area contributed by atoms with Gasteiger partial charge in [0.05, 0.1) is 10.6 Å². The molecule has 1 fully saturated rings. The Morgan fingerprint density at radius 1 is 1.25 bits per heavy atom. The third-order valence-electron chi connectivity index (χ3n) is 4.28. The van der Waals surface area contributed by atoms with E-state index in [9.17, 15) is 18.3 Å². The number of rotatable bonds is 4. The lowest BCUT2D eigenvalue weighted by molar-refractivity contribution is -0.137. The van der Waals surface area contributed by atoms with Crippen LogP contribution in [0.5, 0.6) is 0 Å². The molecule has 1 atom stereocenters. The van der Waals surface area contributed by atoms with Crippen LogP contribution in [0.15, 0.2) is 18.2 Å². The molecule has 1 aromatic rings. The Bertz CT molecular complexity index is 547. The SMILES string of the molecule is CC(C)(CO)[C@@H](c1ccc(C(F)(F)F)c(Cl)c1)N1CCNCC1.Cl. The van der Waals surface area contributed by atoms with Gasteiger partial charge in [0.15, 0.2) is 0 Å². The molecule has 0 saturated carbocycles. The van der Waals surface area contributed by atoms with E-state index >= 15 is 0 Å². The van der Waals surface area contributed by atoms with Crippen molar-refractivity contribution in [3.8, 4) is 0 Å². The number of aliphatic hydroxyl groups excluding tert-OH is 1. The van der Waals surface area contributed by atoms with Gasteiger partial charge in [-0.25, -0.2) is 0 Å². The second-order valence-corrected chi connectivity index (χ2v) is 6.98. The Balaban J connectivity index is 0.00000288. The average molecular weight is 387 g/mol. The van der Waals surface area contributed by atoms with E-state index < -0.39 is 17.2 Å². The highest BCUT2D eigenvalue weighted by Crippen LogP contribution is 2.41. The maximum Gasteiger partial charge on any atom is 0.417 e. The third kappa shape index (κ3) is 4.76. The van der Waals surface area contributed by atoms with E-state index in [-0.39, 0.29) is 30.1 Å². The van der Waals surface area contributed by atoms with Crippen LogP contribution in [0.3, 0.4) is 0 Å². The Morgan fingerprint density at radius 2 is 1.83 bits per heavy atom. The molecule has 2 N–H and O–H groups in total. The molecule has 0 bridgehead atoms. The van der Waals surface area contributed by atoms with Crippen molar-refractivity contribution in [1.29, 1.82) is 0 Å². The zero-order valence-electron chi connectivity index (χ0n) is 13.7. The number of halogens is 5. The lowest BCUT2D eigenvalue weighted by Crippen LogP contribution is -2.49. The highest BCUT2D eigenvalue weighted by atomic mass is 35.5. The van der Waals surface area contributed by atoms with Crippen molar-refractivity contribution in [2.45, 2.75) is 26.1 Å². The summed E-state index contributed by atoms with van der Waals surface area (Å²) in [6.45, 7) is 6.91. The average Bonchev–Trinajstić information content (AvgIpc) is 2.47. The van der Waals surface area contributed by atoms with E-state index in [2.05, 4.69) is 10.2 Å². The van der Waals surface area contributed by atoms with Gasteiger partial charge in [-0.15, -0.1) is 12.4 Å². The summed E-state index contributed by atoms with van der Waals surface area (Å²) in [5.41, 5.74) is -0.631. The Hall–Kier alpha value is -0.530. The standard InChI is InChI=1S/C16H22ClF3N2O.ClH/c1-15(2,10-23)14(22-7-5-21-6-8-22)11-3-4-12(13(17)9-11)16(18,19)20;/h3-4,9,14,21,23H,5-8,10H2,1-2H3;1H/t14-;/m1./s1. The molecule has 1 aromatic carbocycles. The molecule has 0 spiro atoms. The molecule has 1 aliphatic rings. The summed E-state index contributed by atoms with van der Waals surface area (Å²) in [4.78, 5) is 2.19. The number of piperazine rings is 1. The predicted molar refractivity (Wildman–Crippen MR) is 91.8 cm³/mol. The first-order valence-corrected chi connectivity index (χ1v) is 7.97. The normalized spacial score (nSPS) is 18.1. The van der Waals surface area contributed by atoms with E-state index in [1.54, 1.807) is 0 Å². The molecule has 0 aromatic heterocycles. The molecular formula is C16H23Cl2F3N2O. The first-order chi connectivity index (χ1) is 10.7. The summed E-state index contributed by atoms with van der Waals surface area (Å²) >= 11 is 5.88. The van der Waals surface area contributed by atoms with Crippen LogP contribution in [0.2, 0.25) is 5.02 Å². The van der Waals surface area contributed by atoms with Crippen molar-refractivity contribution in [2.24, 2.45) is 5.41 Å². The third-order valence-corrected chi connectivity index (χ3v) is 4.59. The second-order valence-electron chi connectivity index (χ2n) is 6.57. The van der Waals surface area contributed by atoms with Gasteiger partial charge in [-0.1, -0.05) is 31.5 Å². The largest absolute Gasteiger partial charge is 0.417 e. The molecule has 24 heavy (non-hydrogen) atoms. The molecule has 2 rings (SSSR count). The van der Waals surface area contributed by atoms with Crippen molar-refractivity contribution in [2.75, 3.05) is 32.8 Å². The number of nitrogens with one attached hydrogen (secondary N) is 1. The van der Waals surface area contributed by atoms with Crippen molar-refractivity contribution in [1.82, 2.24) is 10.2 Å². The Morgan fingerprint density at radius 3 is 2.29 bits per heavy atom. The van der Waals surface area contributed by atoms with Crippen LogP contribution in [0.25, 0.3) is 0 Å². The molecule has 1 aliphatic heterocycles. The molecule has 1 saturated heterocycles. The van der Waals surface area contributed by atoms with Crippen LogP contribution in [0, 0.1) is 5.41 Å². The van der Waals surface area contributed by atoms with Crippen molar-refractivity contribution < 1.29 is 18.3 Å². The Labute approximate surface area is 151 Å². The van der Waals surface area contributed by atoms with Crippen molar-refractivity contribution >= 4 is 24.0 Å². The summed E-state index contributed by atoms with van der Waals surface area (Å²) in [7, 11) is 0. The highest BCUT2D eigenvalue weighted by molar-refractivity contribution is 6.31. The minimum atomic E-state index is -4.47. The highest BCUT2D eigenvalue weighted by Gasteiger charge is 2.38. The fraction of sp³-hybridized carbons (Fsp3) is 0.625. The molecule has 138 valence electrons. The van der Waals surface area contributed by atoms with Gasteiger partial charge in [-0.2, -0.15) is 13.2 Å². The summed E-state index contributed by atoms with van der Waals surface area (Å²) < 4.78 is 38.7. The van der Waals surface area contributed by atoms with Crippen LogP contribution in [-0.2, 0) is 6.18 Å². The van der Waals surface area contributed by atoms with E-state index in [0.717, 1.165) is 32.2 Å². The van der Waals surface area contributed by atoms with Crippen LogP contribution >= 0.6 is 24.0 Å². The van der Waals surface area contributed by atoms with E-state index in [4.69, 9.17) is 11.6 Å². The summed E-state index contributed by atoms with van der Waals surface area (Å²) in [5, 5.41) is 12.7. The number of aliphatic hydroxyl groups is 1. The smallest absolute Gasteiger partial charge is 0.396 e. The summed E-state index contributed by atoms with van der Waals surface area (Å²) in [6.07, 6.45) is -4.47. The van der Waals surface area contributed by atoms with E-state index in [1.165, 1.54) is 12.1 Å². The summed E-state index contributed by atoms with van der Waals surface area (Å²) in [5.74, 6) is 0. The van der Waals surface area contributed by atoms with Crippen LogP contribution in [0.4, 0.5) is 13.2 Å². The maximum absolute atomic E-state index is 12.9. The van der Waals surface area contributed by atoms with E-state index in [1.807, 2.05) is 13.8 Å². The monoisotopic (exact) mass is 386 g/mol. The molecule has 0 radical (unpaired) electrons. The lowest BCUT2D eigenvalue weighted by atomic mass is 9.79. The van der Waals surface area contributed by atoms with Crippen LogP contribution in [-0.4, -0.2) is 42.8 Å². The molecule has 1 heterocycles. The molecule has 8 heteroatoms. The minimum Gasteiger partial charge on any atom is -0.396 e.